The van der Waals surface area contributed by atoms with Gasteiger partial charge >= 0.3 is 0 Å². The first-order chi connectivity index (χ1) is 15.0. The van der Waals surface area contributed by atoms with Crippen molar-refractivity contribution in [3.8, 4) is 11.5 Å². The number of ether oxygens (including phenoxy) is 2. The number of nitrogens with zero attached hydrogens (tertiary/aromatic N) is 2. The van der Waals surface area contributed by atoms with Gasteiger partial charge in [0.05, 0.1) is 25.9 Å². The average molecular weight is 425 g/mol. The van der Waals surface area contributed by atoms with E-state index in [1.54, 1.807) is 43.2 Å². The number of likely N-dealkylation sites (N-methyl/N-ethyl adjacent to an activating group) is 1. The van der Waals surface area contributed by atoms with E-state index < -0.39 is 0 Å². The van der Waals surface area contributed by atoms with Crippen molar-refractivity contribution in [2.24, 2.45) is 0 Å². The van der Waals surface area contributed by atoms with Crippen LogP contribution in [0, 0.1) is 0 Å². The smallest absolute Gasteiger partial charge is 0.243 e. The molecule has 0 saturated heterocycles. The molecule has 3 amide bonds. The molecule has 0 spiro atoms. The fourth-order valence-electron chi connectivity index (χ4n) is 3.39. The summed E-state index contributed by atoms with van der Waals surface area (Å²) in [6, 6.07) is 14.3. The van der Waals surface area contributed by atoms with Crippen molar-refractivity contribution in [2.45, 2.75) is 19.8 Å². The summed E-state index contributed by atoms with van der Waals surface area (Å²) in [6.45, 7) is 2.96. The van der Waals surface area contributed by atoms with Gasteiger partial charge in [-0.2, -0.15) is 0 Å². The first kappa shape index (κ1) is 22.1. The predicted molar refractivity (Wildman–Crippen MR) is 117 cm³/mol. The molecule has 0 bridgehead atoms. The lowest BCUT2D eigenvalue weighted by molar-refractivity contribution is -0.135. The number of amides is 3. The molecule has 2 aromatic carbocycles. The molecule has 0 atom stereocenters. The van der Waals surface area contributed by atoms with Crippen molar-refractivity contribution in [2.75, 3.05) is 43.6 Å². The van der Waals surface area contributed by atoms with E-state index in [4.69, 9.17) is 9.47 Å². The maximum atomic E-state index is 12.7. The van der Waals surface area contributed by atoms with Crippen LogP contribution in [0.2, 0.25) is 0 Å². The summed E-state index contributed by atoms with van der Waals surface area (Å²) in [5.41, 5.74) is 1.31. The number of methoxy groups -OCH3 is 1. The van der Waals surface area contributed by atoms with E-state index in [0.29, 0.717) is 36.9 Å². The van der Waals surface area contributed by atoms with Crippen molar-refractivity contribution in [1.82, 2.24) is 4.90 Å². The Bertz CT molecular complexity index is 946. The van der Waals surface area contributed by atoms with Crippen molar-refractivity contribution >= 4 is 29.1 Å². The quantitative estimate of drug-likeness (QED) is 0.703. The van der Waals surface area contributed by atoms with E-state index in [9.17, 15) is 14.4 Å². The molecule has 0 radical (unpaired) electrons. The molecule has 8 heteroatoms. The van der Waals surface area contributed by atoms with Crippen LogP contribution < -0.4 is 19.7 Å². The second kappa shape index (κ2) is 10.5. The van der Waals surface area contributed by atoms with Gasteiger partial charge in [-0.1, -0.05) is 18.2 Å². The Balaban J connectivity index is 1.52. The zero-order chi connectivity index (χ0) is 22.2. The lowest BCUT2D eigenvalue weighted by Gasteiger charge is -2.29. The molecular weight excluding hydrogens is 398 g/mol. The van der Waals surface area contributed by atoms with Gasteiger partial charge in [-0.05, 0) is 31.2 Å². The van der Waals surface area contributed by atoms with Gasteiger partial charge in [-0.3, -0.25) is 14.4 Å². The highest BCUT2D eigenvalue weighted by molar-refractivity contribution is 5.98. The number of fused-ring (bicyclic) bond motifs is 1. The van der Waals surface area contributed by atoms with E-state index in [1.807, 2.05) is 24.3 Å². The number of carbonyl (C=O) groups is 3. The summed E-state index contributed by atoms with van der Waals surface area (Å²) < 4.78 is 10.7. The second-order valence-corrected chi connectivity index (χ2v) is 7.05. The van der Waals surface area contributed by atoms with Crippen LogP contribution in [0.3, 0.4) is 0 Å². The molecule has 1 aliphatic heterocycles. The van der Waals surface area contributed by atoms with Gasteiger partial charge in [0.25, 0.3) is 0 Å². The summed E-state index contributed by atoms with van der Waals surface area (Å²) in [5.74, 6) is 0.610. The molecule has 3 rings (SSSR count). The molecule has 0 aliphatic carbocycles. The van der Waals surface area contributed by atoms with Crippen LogP contribution in [-0.4, -0.2) is 56.0 Å². The number of benzene rings is 2. The lowest BCUT2D eigenvalue weighted by Crippen LogP contribution is -2.40. The number of anilines is 2. The molecule has 0 aromatic heterocycles. The second-order valence-electron chi connectivity index (χ2n) is 7.05. The van der Waals surface area contributed by atoms with Gasteiger partial charge in [0, 0.05) is 31.1 Å². The largest absolute Gasteiger partial charge is 0.497 e. The third kappa shape index (κ3) is 5.75. The minimum atomic E-state index is -0.308. The fraction of sp³-hybridized carbons (Fsp3) is 0.348. The van der Waals surface area contributed by atoms with Crippen molar-refractivity contribution < 1.29 is 23.9 Å². The first-order valence-electron chi connectivity index (χ1n) is 10.3. The Labute approximate surface area is 181 Å². The Morgan fingerprint density at radius 3 is 2.71 bits per heavy atom. The number of carbonyl (C=O) groups excluding carboxylic acids is 3. The number of hydrogen-bond donors (Lipinski definition) is 1. The SMILES string of the molecule is CCN(CC(=O)Nc1cccc(OC)c1)C(=O)CCC(=O)N1CCOc2ccccc21. The highest BCUT2D eigenvalue weighted by Crippen LogP contribution is 2.31. The highest BCUT2D eigenvalue weighted by atomic mass is 16.5. The normalized spacial score (nSPS) is 12.4. The molecule has 0 fully saturated rings. The zero-order valence-corrected chi connectivity index (χ0v) is 17.8. The summed E-state index contributed by atoms with van der Waals surface area (Å²) in [4.78, 5) is 40.8. The number of para-hydroxylation sites is 2. The van der Waals surface area contributed by atoms with Crippen molar-refractivity contribution in [1.29, 1.82) is 0 Å². The molecule has 31 heavy (non-hydrogen) atoms. The molecule has 0 saturated carbocycles. The molecule has 1 N–H and O–H groups in total. The molecular formula is C23H27N3O5. The van der Waals surface area contributed by atoms with E-state index in [-0.39, 0.29) is 37.1 Å². The Hall–Kier alpha value is -3.55. The topological polar surface area (TPSA) is 88.2 Å². The third-order valence-electron chi connectivity index (χ3n) is 5.00. The van der Waals surface area contributed by atoms with Crippen molar-refractivity contribution in [3.63, 3.8) is 0 Å². The van der Waals surface area contributed by atoms with Crippen LogP contribution in [-0.2, 0) is 14.4 Å². The summed E-state index contributed by atoms with van der Waals surface area (Å²) in [5, 5.41) is 2.76. The van der Waals surface area contributed by atoms with Crippen LogP contribution in [0.25, 0.3) is 0 Å². The van der Waals surface area contributed by atoms with Crippen LogP contribution in [0.15, 0.2) is 48.5 Å². The van der Waals surface area contributed by atoms with E-state index in [0.717, 1.165) is 5.69 Å². The summed E-state index contributed by atoms with van der Waals surface area (Å²) >= 11 is 0. The minimum Gasteiger partial charge on any atom is -0.497 e. The maximum absolute atomic E-state index is 12.7. The standard InChI is InChI=1S/C23H27N3O5/c1-3-25(16-21(27)24-17-7-6-8-18(15-17)30-2)22(28)11-12-23(29)26-13-14-31-20-10-5-4-9-19(20)26/h4-10,15H,3,11-14,16H2,1-2H3,(H,24,27). The van der Waals surface area contributed by atoms with Gasteiger partial charge in [0.1, 0.15) is 18.1 Å². The van der Waals surface area contributed by atoms with Crippen molar-refractivity contribution in [3.05, 3.63) is 48.5 Å². The predicted octanol–water partition coefficient (Wildman–Crippen LogP) is 2.69. The van der Waals surface area contributed by atoms with Crippen LogP contribution in [0.4, 0.5) is 11.4 Å². The van der Waals surface area contributed by atoms with E-state index in [2.05, 4.69) is 5.32 Å². The van der Waals surface area contributed by atoms with Gasteiger partial charge in [-0.15, -0.1) is 0 Å². The summed E-state index contributed by atoms with van der Waals surface area (Å²) in [7, 11) is 1.55. The van der Waals surface area contributed by atoms with Gasteiger partial charge < -0.3 is 24.6 Å². The lowest BCUT2D eigenvalue weighted by atomic mass is 10.2. The third-order valence-corrected chi connectivity index (χ3v) is 5.00. The molecule has 1 aliphatic rings. The van der Waals surface area contributed by atoms with E-state index in [1.165, 1.54) is 4.90 Å². The van der Waals surface area contributed by atoms with Gasteiger partial charge in [0.15, 0.2) is 0 Å². The van der Waals surface area contributed by atoms with E-state index >= 15 is 0 Å². The van der Waals surface area contributed by atoms with Crippen LogP contribution >= 0.6 is 0 Å². The zero-order valence-electron chi connectivity index (χ0n) is 17.8. The fourth-order valence-corrected chi connectivity index (χ4v) is 3.39. The maximum Gasteiger partial charge on any atom is 0.243 e. The molecule has 2 aromatic rings. The Morgan fingerprint density at radius 1 is 1.13 bits per heavy atom. The Kier molecular flexibility index (Phi) is 7.48. The molecule has 164 valence electrons. The number of nitrogens with one attached hydrogen (secondary N) is 1. The van der Waals surface area contributed by atoms with Crippen LogP contribution in [0.1, 0.15) is 19.8 Å². The number of hydrogen-bond acceptors (Lipinski definition) is 5. The molecule has 1 heterocycles. The molecule has 0 unspecified atom stereocenters. The summed E-state index contributed by atoms with van der Waals surface area (Å²) in [6.07, 6.45) is 0.111. The van der Waals surface area contributed by atoms with Gasteiger partial charge in [-0.25, -0.2) is 0 Å². The molecule has 8 nitrogen and oxygen atoms in total. The minimum absolute atomic E-state index is 0.0403. The Morgan fingerprint density at radius 2 is 1.94 bits per heavy atom. The number of rotatable bonds is 8. The van der Waals surface area contributed by atoms with Gasteiger partial charge in [0.2, 0.25) is 17.7 Å². The first-order valence-corrected chi connectivity index (χ1v) is 10.3. The van der Waals surface area contributed by atoms with Crippen LogP contribution in [0.5, 0.6) is 11.5 Å². The highest BCUT2D eigenvalue weighted by Gasteiger charge is 2.24. The monoisotopic (exact) mass is 425 g/mol. The average Bonchev–Trinajstić information content (AvgIpc) is 2.80.